The Kier molecular flexibility index (Phi) is 6.01. The predicted molar refractivity (Wildman–Crippen MR) is 105 cm³/mol. The molecule has 1 aromatic heterocycles. The third-order valence-electron chi connectivity index (χ3n) is 4.94. The van der Waals surface area contributed by atoms with Gasteiger partial charge in [0.2, 0.25) is 0 Å². The highest BCUT2D eigenvalue weighted by Gasteiger charge is 2.19. The molecule has 3 rings (SSSR count). The first-order valence-corrected chi connectivity index (χ1v) is 9.19. The summed E-state index contributed by atoms with van der Waals surface area (Å²) < 4.78 is 15.0. The van der Waals surface area contributed by atoms with Crippen LogP contribution in [0.5, 0.6) is 0 Å². The number of hydrogen-bond acceptors (Lipinski definition) is 2. The predicted octanol–water partition coefficient (Wildman–Crippen LogP) is 4.53. The first-order chi connectivity index (χ1) is 13.1. The van der Waals surface area contributed by atoms with Crippen molar-refractivity contribution in [2.45, 2.75) is 32.9 Å². The van der Waals surface area contributed by atoms with Crippen LogP contribution in [-0.2, 0) is 6.54 Å². The number of imidazole rings is 1. The monoisotopic (exact) mass is 365 g/mol. The number of nitrogens with zero attached hydrogens (tertiary/aromatic N) is 2. The van der Waals surface area contributed by atoms with Crippen molar-refractivity contribution >= 4 is 5.91 Å². The van der Waals surface area contributed by atoms with Crippen LogP contribution in [0.2, 0.25) is 0 Å². The van der Waals surface area contributed by atoms with Crippen LogP contribution in [0, 0.1) is 11.7 Å². The van der Waals surface area contributed by atoms with E-state index in [0.717, 1.165) is 17.5 Å². The van der Waals surface area contributed by atoms with E-state index >= 15 is 0 Å². The van der Waals surface area contributed by atoms with E-state index in [-0.39, 0.29) is 17.8 Å². The second-order valence-electron chi connectivity index (χ2n) is 6.81. The van der Waals surface area contributed by atoms with Crippen LogP contribution in [0.3, 0.4) is 0 Å². The fourth-order valence-corrected chi connectivity index (χ4v) is 2.98. The van der Waals surface area contributed by atoms with Gasteiger partial charge in [0, 0.05) is 30.5 Å². The maximum absolute atomic E-state index is 13.1. The average Bonchev–Trinajstić information content (AvgIpc) is 3.20. The number of halogens is 1. The maximum atomic E-state index is 13.1. The Morgan fingerprint density at radius 1 is 1.11 bits per heavy atom. The molecule has 3 aromatic rings. The van der Waals surface area contributed by atoms with Gasteiger partial charge >= 0.3 is 0 Å². The van der Waals surface area contributed by atoms with Crippen molar-refractivity contribution in [2.24, 2.45) is 5.92 Å². The SMILES string of the molecule is CC[C@H](C)[C@@H](Cn1ccnc1)NC(=O)c1ccc(-c2ccc(F)cc2)cc1. The molecule has 0 radical (unpaired) electrons. The van der Waals surface area contributed by atoms with Crippen LogP contribution in [0.1, 0.15) is 30.6 Å². The van der Waals surface area contributed by atoms with Gasteiger partial charge < -0.3 is 9.88 Å². The molecule has 5 heteroatoms. The van der Waals surface area contributed by atoms with Gasteiger partial charge in [-0.05, 0) is 41.3 Å². The van der Waals surface area contributed by atoms with Gasteiger partial charge in [0.25, 0.3) is 5.91 Å². The van der Waals surface area contributed by atoms with Crippen molar-refractivity contribution in [1.82, 2.24) is 14.9 Å². The minimum absolute atomic E-state index is 0.0217. The van der Waals surface area contributed by atoms with Gasteiger partial charge in [0.15, 0.2) is 0 Å². The molecule has 27 heavy (non-hydrogen) atoms. The molecule has 2 aromatic carbocycles. The third-order valence-corrected chi connectivity index (χ3v) is 4.94. The molecule has 140 valence electrons. The van der Waals surface area contributed by atoms with Crippen molar-refractivity contribution in [2.75, 3.05) is 0 Å². The lowest BCUT2D eigenvalue weighted by molar-refractivity contribution is 0.0917. The quantitative estimate of drug-likeness (QED) is 0.668. The summed E-state index contributed by atoms with van der Waals surface area (Å²) in [6.45, 7) is 4.95. The van der Waals surface area contributed by atoms with Crippen molar-refractivity contribution < 1.29 is 9.18 Å². The fraction of sp³-hybridized carbons (Fsp3) is 0.273. The van der Waals surface area contributed by atoms with Crippen LogP contribution >= 0.6 is 0 Å². The number of carbonyl (C=O) groups is 1. The fourth-order valence-electron chi connectivity index (χ4n) is 2.98. The normalized spacial score (nSPS) is 13.1. The molecular formula is C22H24FN3O. The van der Waals surface area contributed by atoms with Crippen molar-refractivity contribution in [3.8, 4) is 11.1 Å². The summed E-state index contributed by atoms with van der Waals surface area (Å²) in [7, 11) is 0. The lowest BCUT2D eigenvalue weighted by atomic mass is 9.98. The lowest BCUT2D eigenvalue weighted by Gasteiger charge is -2.25. The second kappa shape index (κ2) is 8.62. The van der Waals surface area contributed by atoms with E-state index in [1.54, 1.807) is 36.8 Å². The number of nitrogens with one attached hydrogen (secondary N) is 1. The molecule has 0 saturated heterocycles. The number of rotatable bonds is 7. The molecule has 1 heterocycles. The molecular weight excluding hydrogens is 341 g/mol. The highest BCUT2D eigenvalue weighted by Crippen LogP contribution is 2.20. The van der Waals surface area contributed by atoms with Crippen LogP contribution in [-0.4, -0.2) is 21.5 Å². The summed E-state index contributed by atoms with van der Waals surface area (Å²) in [6, 6.07) is 13.7. The van der Waals surface area contributed by atoms with E-state index in [9.17, 15) is 9.18 Å². The Morgan fingerprint density at radius 3 is 2.30 bits per heavy atom. The zero-order valence-corrected chi connectivity index (χ0v) is 15.6. The van der Waals surface area contributed by atoms with Gasteiger partial charge in [0.1, 0.15) is 5.82 Å². The van der Waals surface area contributed by atoms with E-state index in [1.807, 2.05) is 22.9 Å². The minimum atomic E-state index is -0.260. The molecule has 1 amide bonds. The molecule has 1 N–H and O–H groups in total. The van der Waals surface area contributed by atoms with Crippen LogP contribution in [0.4, 0.5) is 4.39 Å². The summed E-state index contributed by atoms with van der Waals surface area (Å²) in [4.78, 5) is 16.8. The Balaban J connectivity index is 1.70. The summed E-state index contributed by atoms with van der Waals surface area (Å²) in [6.07, 6.45) is 6.38. The van der Waals surface area contributed by atoms with Crippen LogP contribution in [0.15, 0.2) is 67.3 Å². The molecule has 0 saturated carbocycles. The van der Waals surface area contributed by atoms with Crippen molar-refractivity contribution in [1.29, 1.82) is 0 Å². The van der Waals surface area contributed by atoms with Crippen LogP contribution < -0.4 is 5.32 Å². The molecule has 0 unspecified atom stereocenters. The van der Waals surface area contributed by atoms with Gasteiger partial charge in [-0.15, -0.1) is 0 Å². The Morgan fingerprint density at radius 2 is 1.74 bits per heavy atom. The van der Waals surface area contributed by atoms with Crippen molar-refractivity contribution in [3.63, 3.8) is 0 Å². The molecule has 0 bridgehead atoms. The molecule has 0 aliphatic carbocycles. The number of carbonyl (C=O) groups excluding carboxylic acids is 1. The highest BCUT2D eigenvalue weighted by molar-refractivity contribution is 5.94. The van der Waals surface area contributed by atoms with E-state index < -0.39 is 0 Å². The highest BCUT2D eigenvalue weighted by atomic mass is 19.1. The second-order valence-corrected chi connectivity index (χ2v) is 6.81. The summed E-state index contributed by atoms with van der Waals surface area (Å²) in [5.41, 5.74) is 2.48. The molecule has 0 aliphatic rings. The minimum Gasteiger partial charge on any atom is -0.347 e. The van der Waals surface area contributed by atoms with E-state index in [1.165, 1.54) is 12.1 Å². The van der Waals surface area contributed by atoms with Crippen molar-refractivity contribution in [3.05, 3.63) is 78.6 Å². The Labute approximate surface area is 159 Å². The van der Waals surface area contributed by atoms with Gasteiger partial charge in [-0.25, -0.2) is 9.37 Å². The van der Waals surface area contributed by atoms with Crippen LogP contribution in [0.25, 0.3) is 11.1 Å². The first-order valence-electron chi connectivity index (χ1n) is 9.19. The Bertz CT molecular complexity index is 858. The van der Waals surface area contributed by atoms with E-state index in [4.69, 9.17) is 0 Å². The first kappa shape index (κ1) is 18.8. The largest absolute Gasteiger partial charge is 0.347 e. The van der Waals surface area contributed by atoms with Gasteiger partial charge in [-0.2, -0.15) is 0 Å². The zero-order chi connectivity index (χ0) is 19.2. The molecule has 0 spiro atoms. The van der Waals surface area contributed by atoms with Gasteiger partial charge in [-0.1, -0.05) is 44.5 Å². The lowest BCUT2D eigenvalue weighted by Crippen LogP contribution is -2.42. The third kappa shape index (κ3) is 4.82. The zero-order valence-electron chi connectivity index (χ0n) is 15.6. The Hall–Kier alpha value is -2.95. The number of hydrogen-bond donors (Lipinski definition) is 1. The molecule has 0 fully saturated rings. The molecule has 4 nitrogen and oxygen atoms in total. The van der Waals surface area contributed by atoms with E-state index in [0.29, 0.717) is 18.0 Å². The summed E-state index contributed by atoms with van der Waals surface area (Å²) in [5, 5.41) is 3.15. The maximum Gasteiger partial charge on any atom is 0.251 e. The topological polar surface area (TPSA) is 46.9 Å². The summed E-state index contributed by atoms with van der Waals surface area (Å²) in [5.74, 6) is -0.00960. The number of aromatic nitrogens is 2. The van der Waals surface area contributed by atoms with Gasteiger partial charge in [0.05, 0.1) is 6.33 Å². The standard InChI is InChI=1S/C22H24FN3O/c1-3-16(2)21(14-26-13-12-24-15-26)25-22(27)19-6-4-17(5-7-19)18-8-10-20(23)11-9-18/h4-13,15-16,21H,3,14H2,1-2H3,(H,25,27)/t16-,21+/m0/s1. The van der Waals surface area contributed by atoms with E-state index in [2.05, 4.69) is 24.1 Å². The average molecular weight is 365 g/mol. The molecule has 0 aliphatic heterocycles. The number of benzene rings is 2. The van der Waals surface area contributed by atoms with Gasteiger partial charge in [-0.3, -0.25) is 4.79 Å². The number of amides is 1. The molecule has 2 atom stereocenters. The summed E-state index contributed by atoms with van der Waals surface area (Å²) >= 11 is 0. The smallest absolute Gasteiger partial charge is 0.251 e.